The monoisotopic (exact) mass is 200 g/mol. The Balaban J connectivity index is 0. The standard InChI is InChI=1S/C4H6O3.Mo/c1-3(5)7-4(2)6;/h1-2H3;. The van der Waals surface area contributed by atoms with E-state index >= 15 is 0 Å². The fraction of sp³-hybridized carbons (Fsp3) is 0.500. The van der Waals surface area contributed by atoms with Crippen LogP contribution in [-0.4, -0.2) is 11.9 Å². The summed E-state index contributed by atoms with van der Waals surface area (Å²) < 4.78 is 3.97. The first-order valence-electron chi connectivity index (χ1n) is 1.82. The predicted octanol–water partition coefficient (Wildman–Crippen LogP) is 0.0935. The van der Waals surface area contributed by atoms with Gasteiger partial charge < -0.3 is 4.74 Å². The Labute approximate surface area is 61.7 Å². The summed E-state index contributed by atoms with van der Waals surface area (Å²) >= 11 is 0. The Morgan fingerprint density at radius 2 is 1.38 bits per heavy atom. The molecule has 0 amide bonds. The number of hydrogen-bond acceptors (Lipinski definition) is 3. The average Bonchev–Trinajstić information content (AvgIpc) is 1.27. The molecule has 0 aliphatic rings. The normalized spacial score (nSPS) is 6.75. The summed E-state index contributed by atoms with van der Waals surface area (Å²) in [4.78, 5) is 19.6. The molecule has 8 heavy (non-hydrogen) atoms. The van der Waals surface area contributed by atoms with Crippen molar-refractivity contribution in [3.05, 3.63) is 0 Å². The van der Waals surface area contributed by atoms with Crippen molar-refractivity contribution >= 4 is 11.9 Å². The minimum absolute atomic E-state index is 0. The van der Waals surface area contributed by atoms with E-state index in [2.05, 4.69) is 4.74 Å². The van der Waals surface area contributed by atoms with Crippen LogP contribution in [0.25, 0.3) is 0 Å². The van der Waals surface area contributed by atoms with Gasteiger partial charge in [0, 0.05) is 34.9 Å². The van der Waals surface area contributed by atoms with E-state index in [9.17, 15) is 9.59 Å². The number of rotatable bonds is 0. The Hall–Kier alpha value is -0.172. The van der Waals surface area contributed by atoms with Gasteiger partial charge in [-0.15, -0.1) is 0 Å². The third-order valence-corrected chi connectivity index (χ3v) is 0.287. The molecular weight excluding hydrogens is 192 g/mol. The molecule has 0 spiro atoms. The maximum absolute atomic E-state index is 9.81. The van der Waals surface area contributed by atoms with E-state index in [0.717, 1.165) is 0 Å². The SMILES string of the molecule is CC(=O)OC(C)=O.[Mo]. The van der Waals surface area contributed by atoms with Gasteiger partial charge in [0.05, 0.1) is 0 Å². The van der Waals surface area contributed by atoms with Gasteiger partial charge >= 0.3 is 11.9 Å². The summed E-state index contributed by atoms with van der Waals surface area (Å²) in [5.74, 6) is -1.12. The van der Waals surface area contributed by atoms with Crippen LogP contribution in [0.5, 0.6) is 0 Å². The Morgan fingerprint density at radius 3 is 1.38 bits per heavy atom. The molecule has 0 unspecified atom stereocenters. The van der Waals surface area contributed by atoms with E-state index in [-0.39, 0.29) is 21.1 Å². The fourth-order valence-corrected chi connectivity index (χ4v) is 0.202. The van der Waals surface area contributed by atoms with Crippen molar-refractivity contribution in [3.63, 3.8) is 0 Å². The van der Waals surface area contributed by atoms with Crippen molar-refractivity contribution in [1.29, 1.82) is 0 Å². The quantitative estimate of drug-likeness (QED) is 0.315. The largest absolute Gasteiger partial charge is 0.394 e. The number of carbonyl (C=O) groups is 2. The molecule has 0 radical (unpaired) electrons. The maximum atomic E-state index is 9.81. The van der Waals surface area contributed by atoms with Crippen LogP contribution in [-0.2, 0) is 35.4 Å². The Kier molecular flexibility index (Phi) is 6.68. The second-order valence-corrected chi connectivity index (χ2v) is 1.09. The van der Waals surface area contributed by atoms with E-state index in [1.54, 1.807) is 0 Å². The van der Waals surface area contributed by atoms with Crippen LogP contribution in [0.3, 0.4) is 0 Å². The molecule has 0 atom stereocenters. The van der Waals surface area contributed by atoms with Crippen LogP contribution in [0.1, 0.15) is 13.8 Å². The number of hydrogen-bond donors (Lipinski definition) is 0. The topological polar surface area (TPSA) is 43.4 Å². The average molecular weight is 198 g/mol. The molecule has 0 saturated carbocycles. The molecule has 0 aromatic rings. The van der Waals surface area contributed by atoms with Crippen LogP contribution < -0.4 is 0 Å². The van der Waals surface area contributed by atoms with Gasteiger partial charge in [0.2, 0.25) is 0 Å². The molecule has 0 heterocycles. The van der Waals surface area contributed by atoms with Crippen LogP contribution in [0.15, 0.2) is 0 Å². The van der Waals surface area contributed by atoms with Crippen LogP contribution in [0, 0.1) is 0 Å². The summed E-state index contributed by atoms with van der Waals surface area (Å²) in [6, 6.07) is 0. The van der Waals surface area contributed by atoms with Gasteiger partial charge in [0.1, 0.15) is 0 Å². The molecule has 0 aliphatic carbocycles. The molecule has 0 aromatic carbocycles. The third kappa shape index (κ3) is 9.27. The zero-order valence-corrected chi connectivity index (χ0v) is 6.64. The fourth-order valence-electron chi connectivity index (χ4n) is 0.202. The molecule has 0 fully saturated rings. The van der Waals surface area contributed by atoms with Gasteiger partial charge in [0.15, 0.2) is 0 Å². The van der Waals surface area contributed by atoms with E-state index in [1.807, 2.05) is 0 Å². The predicted molar refractivity (Wildman–Crippen MR) is 22.4 cm³/mol. The second-order valence-electron chi connectivity index (χ2n) is 1.09. The van der Waals surface area contributed by atoms with Gasteiger partial charge in [-0.05, 0) is 0 Å². The molecule has 3 nitrogen and oxygen atoms in total. The summed E-state index contributed by atoms with van der Waals surface area (Å²) in [5.41, 5.74) is 0. The summed E-state index contributed by atoms with van der Waals surface area (Å²) in [6.07, 6.45) is 0. The minimum atomic E-state index is -0.562. The van der Waals surface area contributed by atoms with Gasteiger partial charge in [-0.3, -0.25) is 9.59 Å². The number of carbonyl (C=O) groups excluding carboxylic acids is 2. The van der Waals surface area contributed by atoms with Crippen molar-refractivity contribution in [1.82, 2.24) is 0 Å². The van der Waals surface area contributed by atoms with Gasteiger partial charge in [-0.25, -0.2) is 0 Å². The molecule has 0 bridgehead atoms. The van der Waals surface area contributed by atoms with Crippen molar-refractivity contribution in [2.45, 2.75) is 13.8 Å². The molecule has 0 rings (SSSR count). The summed E-state index contributed by atoms with van der Waals surface area (Å²) in [5, 5.41) is 0. The summed E-state index contributed by atoms with van der Waals surface area (Å²) in [6.45, 7) is 2.36. The molecular formula is C4H6MoO3. The second kappa shape index (κ2) is 4.97. The zero-order valence-electron chi connectivity index (χ0n) is 4.63. The number of ether oxygens (including phenoxy) is 1. The maximum Gasteiger partial charge on any atom is 0.310 e. The molecule has 4 heteroatoms. The van der Waals surface area contributed by atoms with Crippen molar-refractivity contribution in [3.8, 4) is 0 Å². The van der Waals surface area contributed by atoms with Crippen molar-refractivity contribution in [2.75, 3.05) is 0 Å². The van der Waals surface area contributed by atoms with E-state index in [1.165, 1.54) is 13.8 Å². The summed E-state index contributed by atoms with van der Waals surface area (Å²) in [7, 11) is 0. The van der Waals surface area contributed by atoms with Gasteiger partial charge in [0.25, 0.3) is 0 Å². The van der Waals surface area contributed by atoms with Crippen molar-refractivity contribution < 1.29 is 35.4 Å². The minimum Gasteiger partial charge on any atom is -0.394 e. The van der Waals surface area contributed by atoms with E-state index in [0.29, 0.717) is 0 Å². The van der Waals surface area contributed by atoms with Crippen LogP contribution in [0.2, 0.25) is 0 Å². The molecule has 0 saturated heterocycles. The number of esters is 2. The first kappa shape index (κ1) is 10.7. The van der Waals surface area contributed by atoms with Crippen molar-refractivity contribution in [2.24, 2.45) is 0 Å². The third-order valence-electron chi connectivity index (χ3n) is 0.287. The first-order valence-corrected chi connectivity index (χ1v) is 1.82. The molecule has 0 aliphatic heterocycles. The zero-order chi connectivity index (χ0) is 5.86. The Bertz CT molecular complexity index is 87.5. The van der Waals surface area contributed by atoms with Crippen LogP contribution >= 0.6 is 0 Å². The van der Waals surface area contributed by atoms with Crippen LogP contribution in [0.4, 0.5) is 0 Å². The van der Waals surface area contributed by atoms with E-state index < -0.39 is 11.9 Å². The molecule has 0 N–H and O–H groups in total. The van der Waals surface area contributed by atoms with E-state index in [4.69, 9.17) is 0 Å². The smallest absolute Gasteiger partial charge is 0.310 e. The Morgan fingerprint density at radius 1 is 1.12 bits per heavy atom. The van der Waals surface area contributed by atoms with Gasteiger partial charge in [-0.1, -0.05) is 0 Å². The molecule has 46 valence electrons. The van der Waals surface area contributed by atoms with Gasteiger partial charge in [-0.2, -0.15) is 0 Å². The first-order chi connectivity index (χ1) is 3.13. The molecule has 0 aromatic heterocycles.